The number of nitrogens with one attached hydrogen (secondary N) is 1. The van der Waals surface area contributed by atoms with Gasteiger partial charge in [-0.15, -0.1) is 11.6 Å². The molecule has 0 aliphatic heterocycles. The number of rotatable bonds is 4. The number of hydrogen-bond acceptors (Lipinski definition) is 2. The standard InChI is InChI=1S/C13H18ClNO2/c1-9-5-6-11(17-4)10(7-9)13(2,3)15-12(16)8-14/h5-7H,8H2,1-4H3,(H,15,16). The molecule has 0 atom stereocenters. The SMILES string of the molecule is COc1ccc(C)cc1C(C)(C)NC(=O)CCl. The normalized spacial score (nSPS) is 11.1. The predicted molar refractivity (Wildman–Crippen MR) is 69.6 cm³/mol. The van der Waals surface area contributed by atoms with Crippen LogP contribution in [-0.2, 0) is 10.3 Å². The first kappa shape index (κ1) is 13.8. The summed E-state index contributed by atoms with van der Waals surface area (Å²) in [4.78, 5) is 11.4. The van der Waals surface area contributed by atoms with Gasteiger partial charge in [-0.25, -0.2) is 0 Å². The van der Waals surface area contributed by atoms with Crippen molar-refractivity contribution in [2.45, 2.75) is 26.3 Å². The highest BCUT2D eigenvalue weighted by molar-refractivity contribution is 6.27. The van der Waals surface area contributed by atoms with Gasteiger partial charge in [0.25, 0.3) is 0 Å². The van der Waals surface area contributed by atoms with E-state index in [9.17, 15) is 4.79 Å². The van der Waals surface area contributed by atoms with E-state index < -0.39 is 5.54 Å². The van der Waals surface area contributed by atoms with Gasteiger partial charge in [0.2, 0.25) is 5.91 Å². The van der Waals surface area contributed by atoms with Crippen LogP contribution in [0, 0.1) is 6.92 Å². The number of ether oxygens (including phenoxy) is 1. The highest BCUT2D eigenvalue weighted by Crippen LogP contribution is 2.30. The fourth-order valence-corrected chi connectivity index (χ4v) is 1.83. The van der Waals surface area contributed by atoms with Gasteiger partial charge in [0.05, 0.1) is 12.6 Å². The minimum atomic E-state index is -0.511. The second-order valence-corrected chi connectivity index (χ2v) is 4.78. The third-order valence-corrected chi connectivity index (χ3v) is 2.84. The second-order valence-electron chi connectivity index (χ2n) is 4.51. The van der Waals surface area contributed by atoms with E-state index in [2.05, 4.69) is 5.32 Å². The van der Waals surface area contributed by atoms with Crippen LogP contribution in [0.5, 0.6) is 5.75 Å². The zero-order valence-electron chi connectivity index (χ0n) is 10.6. The largest absolute Gasteiger partial charge is 0.496 e. The molecule has 0 aliphatic rings. The van der Waals surface area contributed by atoms with Gasteiger partial charge in [-0.3, -0.25) is 4.79 Å². The van der Waals surface area contributed by atoms with E-state index in [1.54, 1.807) is 7.11 Å². The number of hydrogen-bond donors (Lipinski definition) is 1. The molecule has 0 saturated carbocycles. The number of carbonyl (C=O) groups excluding carboxylic acids is 1. The summed E-state index contributed by atoms with van der Waals surface area (Å²) < 4.78 is 5.32. The monoisotopic (exact) mass is 255 g/mol. The van der Waals surface area contributed by atoms with E-state index in [0.29, 0.717) is 0 Å². The van der Waals surface area contributed by atoms with E-state index in [1.807, 2.05) is 39.0 Å². The molecule has 1 aromatic carbocycles. The summed E-state index contributed by atoms with van der Waals surface area (Å²) in [5, 5.41) is 2.87. The van der Waals surface area contributed by atoms with Gasteiger partial charge < -0.3 is 10.1 Å². The number of carbonyl (C=O) groups is 1. The minimum Gasteiger partial charge on any atom is -0.496 e. The van der Waals surface area contributed by atoms with Crippen LogP contribution in [0.25, 0.3) is 0 Å². The van der Waals surface area contributed by atoms with Crippen molar-refractivity contribution in [3.8, 4) is 5.75 Å². The van der Waals surface area contributed by atoms with Crippen LogP contribution in [0.2, 0.25) is 0 Å². The molecule has 1 aromatic rings. The molecule has 1 amide bonds. The maximum atomic E-state index is 11.4. The van der Waals surface area contributed by atoms with E-state index >= 15 is 0 Å². The van der Waals surface area contributed by atoms with Crippen molar-refractivity contribution in [1.29, 1.82) is 0 Å². The zero-order chi connectivity index (χ0) is 13.1. The fraction of sp³-hybridized carbons (Fsp3) is 0.462. The Bertz CT molecular complexity index is 416. The lowest BCUT2D eigenvalue weighted by Crippen LogP contribution is -2.41. The molecule has 0 unspecified atom stereocenters. The quantitative estimate of drug-likeness (QED) is 0.840. The third-order valence-electron chi connectivity index (χ3n) is 2.60. The smallest absolute Gasteiger partial charge is 0.235 e. The molecule has 1 N–H and O–H groups in total. The summed E-state index contributed by atoms with van der Waals surface area (Å²) in [6.45, 7) is 5.85. The number of methoxy groups -OCH3 is 1. The Morgan fingerprint density at radius 2 is 2.12 bits per heavy atom. The molecular formula is C13H18ClNO2. The van der Waals surface area contributed by atoms with Gasteiger partial charge >= 0.3 is 0 Å². The lowest BCUT2D eigenvalue weighted by molar-refractivity contribution is -0.120. The zero-order valence-corrected chi connectivity index (χ0v) is 11.4. The van der Waals surface area contributed by atoms with Crippen LogP contribution < -0.4 is 10.1 Å². The summed E-state index contributed by atoms with van der Waals surface area (Å²) in [5.41, 5.74) is 1.55. The molecule has 0 spiro atoms. The molecule has 0 aliphatic carbocycles. The number of halogens is 1. The summed E-state index contributed by atoms with van der Waals surface area (Å²) >= 11 is 5.51. The van der Waals surface area contributed by atoms with Crippen molar-refractivity contribution in [2.75, 3.05) is 13.0 Å². The molecule has 0 saturated heterocycles. The summed E-state index contributed by atoms with van der Waals surface area (Å²) in [6, 6.07) is 5.88. The van der Waals surface area contributed by atoms with Crippen LogP contribution in [-0.4, -0.2) is 18.9 Å². The lowest BCUT2D eigenvalue weighted by Gasteiger charge is -2.28. The molecule has 0 bridgehead atoms. The molecule has 94 valence electrons. The minimum absolute atomic E-state index is 0.0441. The maximum Gasteiger partial charge on any atom is 0.235 e. The molecule has 17 heavy (non-hydrogen) atoms. The summed E-state index contributed by atoms with van der Waals surface area (Å²) in [7, 11) is 1.62. The Morgan fingerprint density at radius 3 is 2.65 bits per heavy atom. The summed E-state index contributed by atoms with van der Waals surface area (Å²) in [6.07, 6.45) is 0. The molecule has 4 heteroatoms. The molecule has 0 heterocycles. The van der Waals surface area contributed by atoms with Crippen LogP contribution in [0.15, 0.2) is 18.2 Å². The van der Waals surface area contributed by atoms with E-state index in [4.69, 9.17) is 16.3 Å². The third kappa shape index (κ3) is 3.37. The molecular weight excluding hydrogens is 238 g/mol. The number of amides is 1. The molecule has 1 rings (SSSR count). The predicted octanol–water partition coefficient (Wildman–Crippen LogP) is 2.59. The number of benzene rings is 1. The fourth-order valence-electron chi connectivity index (χ4n) is 1.76. The van der Waals surface area contributed by atoms with Gasteiger partial charge in [-0.05, 0) is 26.8 Å². The maximum absolute atomic E-state index is 11.4. The van der Waals surface area contributed by atoms with Crippen molar-refractivity contribution in [2.24, 2.45) is 0 Å². The highest BCUT2D eigenvalue weighted by atomic mass is 35.5. The summed E-state index contributed by atoms with van der Waals surface area (Å²) in [5.74, 6) is 0.521. The first-order valence-electron chi connectivity index (χ1n) is 5.43. The molecule has 0 aromatic heterocycles. The van der Waals surface area contributed by atoms with Gasteiger partial charge in [0, 0.05) is 5.56 Å². The van der Waals surface area contributed by atoms with Crippen LogP contribution in [0.3, 0.4) is 0 Å². The number of alkyl halides is 1. The van der Waals surface area contributed by atoms with Crippen LogP contribution in [0.1, 0.15) is 25.0 Å². The Hall–Kier alpha value is -1.22. The van der Waals surface area contributed by atoms with Gasteiger partial charge in [0.15, 0.2) is 0 Å². The number of aryl methyl sites for hydroxylation is 1. The van der Waals surface area contributed by atoms with E-state index in [-0.39, 0.29) is 11.8 Å². The van der Waals surface area contributed by atoms with Gasteiger partial charge in [0.1, 0.15) is 11.6 Å². The highest BCUT2D eigenvalue weighted by Gasteiger charge is 2.26. The molecule has 0 radical (unpaired) electrons. The van der Waals surface area contributed by atoms with E-state index in [0.717, 1.165) is 16.9 Å². The first-order valence-corrected chi connectivity index (χ1v) is 5.96. The topological polar surface area (TPSA) is 38.3 Å². The van der Waals surface area contributed by atoms with Crippen molar-refractivity contribution in [3.05, 3.63) is 29.3 Å². The Morgan fingerprint density at radius 1 is 1.47 bits per heavy atom. The Labute approximate surface area is 107 Å². The van der Waals surface area contributed by atoms with Crippen LogP contribution in [0.4, 0.5) is 0 Å². The molecule has 3 nitrogen and oxygen atoms in total. The lowest BCUT2D eigenvalue weighted by atomic mass is 9.92. The Balaban J connectivity index is 3.12. The van der Waals surface area contributed by atoms with Crippen LogP contribution >= 0.6 is 11.6 Å². The second kappa shape index (κ2) is 5.41. The van der Waals surface area contributed by atoms with Gasteiger partial charge in [-0.1, -0.05) is 17.7 Å². The first-order chi connectivity index (χ1) is 7.90. The van der Waals surface area contributed by atoms with Gasteiger partial charge in [-0.2, -0.15) is 0 Å². The Kier molecular flexibility index (Phi) is 4.40. The van der Waals surface area contributed by atoms with E-state index in [1.165, 1.54) is 0 Å². The average Bonchev–Trinajstić information content (AvgIpc) is 2.28. The van der Waals surface area contributed by atoms with Crippen molar-refractivity contribution < 1.29 is 9.53 Å². The average molecular weight is 256 g/mol. The van der Waals surface area contributed by atoms with Crippen molar-refractivity contribution >= 4 is 17.5 Å². The van der Waals surface area contributed by atoms with Crippen molar-refractivity contribution in [3.63, 3.8) is 0 Å². The van der Waals surface area contributed by atoms with Crippen molar-refractivity contribution in [1.82, 2.24) is 5.32 Å². The molecule has 0 fully saturated rings.